The van der Waals surface area contributed by atoms with Crippen molar-refractivity contribution in [2.75, 3.05) is 6.54 Å². The molecule has 0 saturated heterocycles. The molecule has 0 atom stereocenters. The second-order valence-corrected chi connectivity index (χ2v) is 10.2. The number of rotatable bonds is 15. The third-order valence-electron chi connectivity index (χ3n) is 5.15. The van der Waals surface area contributed by atoms with Gasteiger partial charge in [-0.15, -0.1) is 0 Å². The quantitative estimate of drug-likeness (QED) is 0.158. The fourth-order valence-corrected chi connectivity index (χ4v) is 5.78. The topological polar surface area (TPSA) is 24.1 Å². The molecule has 0 aliphatic carbocycles. The van der Waals surface area contributed by atoms with E-state index in [9.17, 15) is 0 Å². The van der Waals surface area contributed by atoms with Crippen LogP contribution in [0.4, 0.5) is 0 Å². The van der Waals surface area contributed by atoms with Gasteiger partial charge in [0.15, 0.2) is 0 Å². The summed E-state index contributed by atoms with van der Waals surface area (Å²) in [5, 5.41) is 3.67. The average Bonchev–Trinajstić information content (AvgIpc) is 2.80. The van der Waals surface area contributed by atoms with Gasteiger partial charge in [0, 0.05) is 31.6 Å². The summed E-state index contributed by atoms with van der Waals surface area (Å²) in [5.74, 6) is 0. The molecule has 0 bridgehead atoms. The summed E-state index contributed by atoms with van der Waals surface area (Å²) in [6.07, 6.45) is 16.2. The monoisotopic (exact) mass is 586 g/mol. The maximum atomic E-state index is 3.90. The van der Waals surface area contributed by atoms with Gasteiger partial charge in [-0.1, -0.05) is 95.0 Å². The van der Waals surface area contributed by atoms with Crippen LogP contribution in [0.25, 0.3) is 0 Å². The zero-order chi connectivity index (χ0) is 24.4. The number of nitrogens with one attached hydrogen (secondary N) is 2. The van der Waals surface area contributed by atoms with Crippen LogP contribution in [0.2, 0.25) is 0 Å². The Hall–Kier alpha value is -0.490. The molecule has 0 aliphatic heterocycles. The first kappa shape index (κ1) is 31.5. The van der Waals surface area contributed by atoms with Crippen LogP contribution >= 0.6 is 43.8 Å². The minimum atomic E-state index is 0.0252. The number of benzene rings is 1. The normalized spacial score (nSPS) is 11.9. The molecule has 2 N–H and O–H groups in total. The van der Waals surface area contributed by atoms with Gasteiger partial charge in [0.05, 0.1) is 0 Å². The summed E-state index contributed by atoms with van der Waals surface area (Å²) in [4.78, 5) is 1.24. The van der Waals surface area contributed by atoms with E-state index in [0.717, 1.165) is 40.4 Å². The number of hydrogen-bond acceptors (Lipinski definition) is 3. The Kier molecular flexibility index (Phi) is 18.6. The smallest absolute Gasteiger partial charge is 0.0458 e. The van der Waals surface area contributed by atoms with Crippen molar-refractivity contribution in [3.8, 4) is 0 Å². The Labute approximate surface area is 219 Å². The van der Waals surface area contributed by atoms with E-state index in [-0.39, 0.29) is 5.54 Å². The molecular weight excluding hydrogens is 544 g/mol. The van der Waals surface area contributed by atoms with E-state index in [1.54, 1.807) is 11.9 Å². The third kappa shape index (κ3) is 11.6. The van der Waals surface area contributed by atoms with Gasteiger partial charge in [-0.3, -0.25) is 4.72 Å². The molecule has 0 aliphatic rings. The second kappa shape index (κ2) is 18.9. The summed E-state index contributed by atoms with van der Waals surface area (Å²) in [6, 6.07) is 4.45. The fraction of sp³-hybridized carbons (Fsp3) is 0.556. The molecular formula is C27H44Br2N2S. The lowest BCUT2D eigenvalue weighted by molar-refractivity contribution is 0.313. The van der Waals surface area contributed by atoms with Crippen LogP contribution in [-0.2, 0) is 6.42 Å². The van der Waals surface area contributed by atoms with Crippen molar-refractivity contribution in [3.63, 3.8) is 0 Å². The van der Waals surface area contributed by atoms with E-state index in [2.05, 4.69) is 93.5 Å². The zero-order valence-corrected chi connectivity index (χ0v) is 25.0. The molecule has 0 unspecified atom stereocenters. The van der Waals surface area contributed by atoms with E-state index in [1.807, 2.05) is 32.9 Å². The SMILES string of the molecule is C=C/C=C(\C=C/C)NCC(CCCC)(CCCC)NSc1cc(CC)c(Br)cc1Br.CC. The molecule has 0 amide bonds. The van der Waals surface area contributed by atoms with Crippen LogP contribution in [-0.4, -0.2) is 12.1 Å². The average molecular weight is 589 g/mol. The molecule has 32 heavy (non-hydrogen) atoms. The maximum absolute atomic E-state index is 3.90. The molecule has 5 heteroatoms. The van der Waals surface area contributed by atoms with Gasteiger partial charge in [0.2, 0.25) is 0 Å². The van der Waals surface area contributed by atoms with Crippen molar-refractivity contribution in [2.45, 2.75) is 96.9 Å². The number of aryl methyl sites for hydroxylation is 1. The van der Waals surface area contributed by atoms with Gasteiger partial charge in [-0.2, -0.15) is 0 Å². The highest BCUT2D eigenvalue weighted by Crippen LogP contribution is 2.34. The summed E-state index contributed by atoms with van der Waals surface area (Å²) in [7, 11) is 0. The first-order valence-electron chi connectivity index (χ1n) is 12.1. The molecule has 182 valence electrons. The van der Waals surface area contributed by atoms with Crippen molar-refractivity contribution in [1.29, 1.82) is 0 Å². The minimum absolute atomic E-state index is 0.0252. The van der Waals surface area contributed by atoms with E-state index in [1.165, 1.54) is 36.1 Å². The lowest BCUT2D eigenvalue weighted by Gasteiger charge is -2.36. The van der Waals surface area contributed by atoms with E-state index < -0.39 is 0 Å². The van der Waals surface area contributed by atoms with Crippen LogP contribution in [0.5, 0.6) is 0 Å². The standard InChI is InChI=1S/C25H38Br2N2S.C2H6/c1-6-11-15-25(16-12-7-2,19-28-21(13-8-3)14-9-4)29-30-24-17-20(10-5)22(26)18-23(24)27;1-2/h8-9,13-14,17-18,28-29H,3,6-7,10-12,15-16,19H2,1-2,4-5H3;1-2H3/b14-9-,21-13+;. The minimum Gasteiger partial charge on any atom is -0.383 e. The van der Waals surface area contributed by atoms with Crippen LogP contribution < -0.4 is 10.0 Å². The van der Waals surface area contributed by atoms with Gasteiger partial charge < -0.3 is 5.32 Å². The van der Waals surface area contributed by atoms with Gasteiger partial charge in [0.25, 0.3) is 0 Å². The second-order valence-electron chi connectivity index (χ2n) is 7.63. The van der Waals surface area contributed by atoms with Gasteiger partial charge in [-0.05, 0) is 83.9 Å². The summed E-state index contributed by atoms with van der Waals surface area (Å²) >= 11 is 9.19. The predicted molar refractivity (Wildman–Crippen MR) is 154 cm³/mol. The summed E-state index contributed by atoms with van der Waals surface area (Å²) < 4.78 is 6.19. The first-order chi connectivity index (χ1) is 15.4. The molecule has 0 radical (unpaired) electrons. The molecule has 1 rings (SSSR count). The number of hydrogen-bond donors (Lipinski definition) is 2. The molecule has 0 saturated carbocycles. The Bertz CT molecular complexity index is 706. The van der Waals surface area contributed by atoms with Crippen molar-refractivity contribution >= 4 is 43.8 Å². The van der Waals surface area contributed by atoms with Crippen LogP contribution in [0.1, 0.15) is 85.6 Å². The Morgan fingerprint density at radius 1 is 1.06 bits per heavy atom. The van der Waals surface area contributed by atoms with E-state index >= 15 is 0 Å². The summed E-state index contributed by atoms with van der Waals surface area (Å²) in [6.45, 7) is 17.5. The van der Waals surface area contributed by atoms with Crippen LogP contribution in [0.15, 0.2) is 62.6 Å². The van der Waals surface area contributed by atoms with Crippen LogP contribution in [0, 0.1) is 0 Å². The Morgan fingerprint density at radius 2 is 1.69 bits per heavy atom. The highest BCUT2D eigenvalue weighted by molar-refractivity contribution is 9.11. The fourth-order valence-electron chi connectivity index (χ4n) is 3.31. The van der Waals surface area contributed by atoms with Gasteiger partial charge in [0.1, 0.15) is 0 Å². The highest BCUT2D eigenvalue weighted by Gasteiger charge is 2.29. The van der Waals surface area contributed by atoms with Crippen molar-refractivity contribution < 1.29 is 0 Å². The van der Waals surface area contributed by atoms with Crippen molar-refractivity contribution in [2.24, 2.45) is 0 Å². The van der Waals surface area contributed by atoms with Crippen molar-refractivity contribution in [1.82, 2.24) is 10.0 Å². The van der Waals surface area contributed by atoms with Crippen LogP contribution in [0.3, 0.4) is 0 Å². The third-order valence-corrected chi connectivity index (χ3v) is 7.90. The molecule has 1 aromatic carbocycles. The predicted octanol–water partition coefficient (Wildman–Crippen LogP) is 9.75. The lowest BCUT2D eigenvalue weighted by Crippen LogP contribution is -2.49. The number of unbranched alkanes of at least 4 members (excludes halogenated alkanes) is 2. The lowest BCUT2D eigenvalue weighted by atomic mass is 9.88. The van der Waals surface area contributed by atoms with E-state index in [0.29, 0.717) is 0 Å². The molecule has 1 aromatic rings. The molecule has 0 heterocycles. The Morgan fingerprint density at radius 3 is 2.19 bits per heavy atom. The Balaban J connectivity index is 0.00000466. The van der Waals surface area contributed by atoms with E-state index in [4.69, 9.17) is 0 Å². The molecule has 0 aromatic heterocycles. The van der Waals surface area contributed by atoms with Crippen molar-refractivity contribution in [3.05, 3.63) is 63.2 Å². The number of allylic oxidation sites excluding steroid dienone is 4. The molecule has 0 spiro atoms. The first-order valence-corrected chi connectivity index (χ1v) is 14.5. The van der Waals surface area contributed by atoms with Gasteiger partial charge in [-0.25, -0.2) is 0 Å². The highest BCUT2D eigenvalue weighted by atomic mass is 79.9. The zero-order valence-electron chi connectivity index (χ0n) is 21.0. The van der Waals surface area contributed by atoms with Gasteiger partial charge >= 0.3 is 0 Å². The molecule has 0 fully saturated rings. The largest absolute Gasteiger partial charge is 0.383 e. The summed E-state index contributed by atoms with van der Waals surface area (Å²) in [5.41, 5.74) is 2.46. The maximum Gasteiger partial charge on any atom is 0.0458 e. The molecule has 2 nitrogen and oxygen atoms in total. The number of halogens is 2.